The van der Waals surface area contributed by atoms with E-state index >= 15 is 0 Å². The van der Waals surface area contributed by atoms with Crippen molar-refractivity contribution in [1.29, 1.82) is 0 Å². The first kappa shape index (κ1) is 15.1. The molecule has 7 heteroatoms. The monoisotopic (exact) mass is 274 g/mol. The molecule has 1 aromatic heterocycles. The molecular weight excluding hydrogens is 252 g/mol. The molecule has 0 fully saturated rings. The van der Waals surface area contributed by atoms with Crippen LogP contribution in [0.1, 0.15) is 51.9 Å². The van der Waals surface area contributed by atoms with E-state index in [1.165, 1.54) is 6.33 Å². The van der Waals surface area contributed by atoms with Crippen molar-refractivity contribution < 1.29 is 8.42 Å². The smallest absolute Gasteiger partial charge is 0.212 e. The Morgan fingerprint density at radius 1 is 1.39 bits per heavy atom. The van der Waals surface area contributed by atoms with Crippen LogP contribution in [0.15, 0.2) is 6.33 Å². The molecule has 0 saturated heterocycles. The van der Waals surface area contributed by atoms with Gasteiger partial charge in [-0.2, -0.15) is 5.10 Å². The Morgan fingerprint density at radius 3 is 2.72 bits per heavy atom. The lowest BCUT2D eigenvalue weighted by Gasteiger charge is -2.14. The van der Waals surface area contributed by atoms with Crippen LogP contribution < -0.4 is 4.72 Å². The third-order valence-electron chi connectivity index (χ3n) is 2.59. The minimum absolute atomic E-state index is 0.162. The standard InChI is InChI=1S/C11H22N4O2S/c1-4-6-8-18(16,17)14-10(3)11-12-9-13-15(11)7-5-2/h9-10,14H,4-8H2,1-3H3. The van der Waals surface area contributed by atoms with Crippen LogP contribution in [0.4, 0.5) is 0 Å². The summed E-state index contributed by atoms with van der Waals surface area (Å²) in [7, 11) is -3.23. The van der Waals surface area contributed by atoms with E-state index in [4.69, 9.17) is 0 Å². The molecule has 1 aromatic rings. The second-order valence-electron chi connectivity index (χ2n) is 4.35. The minimum atomic E-state index is -3.23. The quantitative estimate of drug-likeness (QED) is 0.778. The molecule has 0 radical (unpaired) electrons. The van der Waals surface area contributed by atoms with Crippen LogP contribution >= 0.6 is 0 Å². The first-order valence-corrected chi connectivity index (χ1v) is 8.03. The summed E-state index contributed by atoms with van der Waals surface area (Å²) in [5, 5.41) is 4.09. The highest BCUT2D eigenvalue weighted by Gasteiger charge is 2.19. The van der Waals surface area contributed by atoms with E-state index in [1.807, 2.05) is 13.8 Å². The van der Waals surface area contributed by atoms with Crippen molar-refractivity contribution in [3.8, 4) is 0 Å². The van der Waals surface area contributed by atoms with E-state index in [2.05, 4.69) is 14.8 Å². The molecule has 0 aliphatic rings. The fraction of sp³-hybridized carbons (Fsp3) is 0.818. The van der Waals surface area contributed by atoms with Gasteiger partial charge in [-0.15, -0.1) is 0 Å². The van der Waals surface area contributed by atoms with Crippen LogP contribution in [0.5, 0.6) is 0 Å². The number of nitrogens with one attached hydrogen (secondary N) is 1. The summed E-state index contributed by atoms with van der Waals surface area (Å²) in [4.78, 5) is 4.12. The molecule has 0 saturated carbocycles. The fourth-order valence-corrected chi connectivity index (χ4v) is 3.14. The van der Waals surface area contributed by atoms with Crippen molar-refractivity contribution in [3.05, 3.63) is 12.2 Å². The maximum absolute atomic E-state index is 11.8. The van der Waals surface area contributed by atoms with Gasteiger partial charge in [-0.05, 0) is 19.8 Å². The normalized spacial score (nSPS) is 13.7. The van der Waals surface area contributed by atoms with Gasteiger partial charge in [0.05, 0.1) is 11.8 Å². The number of sulfonamides is 1. The highest BCUT2D eigenvalue weighted by molar-refractivity contribution is 7.89. The summed E-state index contributed by atoms with van der Waals surface area (Å²) in [6, 6.07) is -0.346. The van der Waals surface area contributed by atoms with Crippen LogP contribution in [-0.2, 0) is 16.6 Å². The van der Waals surface area contributed by atoms with E-state index in [1.54, 1.807) is 11.6 Å². The summed E-state index contributed by atoms with van der Waals surface area (Å²) in [5.41, 5.74) is 0. The summed E-state index contributed by atoms with van der Waals surface area (Å²) in [5.74, 6) is 0.826. The average molecular weight is 274 g/mol. The molecule has 6 nitrogen and oxygen atoms in total. The van der Waals surface area contributed by atoms with Gasteiger partial charge in [0.25, 0.3) is 0 Å². The average Bonchev–Trinajstić information content (AvgIpc) is 2.75. The molecule has 0 aliphatic carbocycles. The number of hydrogen-bond donors (Lipinski definition) is 1. The Kier molecular flexibility index (Phi) is 5.74. The van der Waals surface area contributed by atoms with Gasteiger partial charge >= 0.3 is 0 Å². The first-order chi connectivity index (χ1) is 8.50. The molecule has 0 spiro atoms. The highest BCUT2D eigenvalue weighted by Crippen LogP contribution is 2.11. The first-order valence-electron chi connectivity index (χ1n) is 6.37. The number of aromatic nitrogens is 3. The number of aryl methyl sites for hydroxylation is 1. The predicted molar refractivity (Wildman–Crippen MR) is 70.6 cm³/mol. The number of rotatable bonds is 8. The predicted octanol–water partition coefficient (Wildman–Crippen LogP) is 1.47. The molecule has 0 aliphatic heterocycles. The van der Waals surface area contributed by atoms with Gasteiger partial charge in [-0.25, -0.2) is 22.8 Å². The Labute approximate surface area is 109 Å². The summed E-state index contributed by atoms with van der Waals surface area (Å²) in [6.45, 7) is 6.55. The molecule has 1 atom stereocenters. The topological polar surface area (TPSA) is 76.9 Å². The molecule has 104 valence electrons. The van der Waals surface area contributed by atoms with E-state index in [0.717, 1.165) is 19.4 Å². The summed E-state index contributed by atoms with van der Waals surface area (Å²) in [6.07, 6.45) is 3.93. The minimum Gasteiger partial charge on any atom is -0.249 e. The zero-order chi connectivity index (χ0) is 13.6. The zero-order valence-electron chi connectivity index (χ0n) is 11.3. The molecule has 18 heavy (non-hydrogen) atoms. The van der Waals surface area contributed by atoms with Gasteiger partial charge in [0, 0.05) is 6.54 Å². The van der Waals surface area contributed by atoms with Gasteiger partial charge in [-0.1, -0.05) is 20.3 Å². The molecule has 0 amide bonds. The van der Waals surface area contributed by atoms with E-state index < -0.39 is 10.0 Å². The van der Waals surface area contributed by atoms with Crippen LogP contribution in [-0.4, -0.2) is 28.9 Å². The maximum Gasteiger partial charge on any atom is 0.212 e. The maximum atomic E-state index is 11.8. The highest BCUT2D eigenvalue weighted by atomic mass is 32.2. The lowest BCUT2D eigenvalue weighted by molar-refractivity contribution is 0.514. The third kappa shape index (κ3) is 4.38. The van der Waals surface area contributed by atoms with Gasteiger partial charge in [0.1, 0.15) is 12.2 Å². The van der Waals surface area contributed by atoms with Gasteiger partial charge in [0.15, 0.2) is 0 Å². The number of nitrogens with zero attached hydrogens (tertiary/aromatic N) is 3. The molecular formula is C11H22N4O2S. The second-order valence-corrected chi connectivity index (χ2v) is 6.23. The summed E-state index contributed by atoms with van der Waals surface area (Å²) < 4.78 is 28.0. The zero-order valence-corrected chi connectivity index (χ0v) is 12.1. The fourth-order valence-electron chi connectivity index (χ4n) is 1.71. The molecule has 0 bridgehead atoms. The van der Waals surface area contributed by atoms with Crippen LogP contribution in [0.2, 0.25) is 0 Å². The lowest BCUT2D eigenvalue weighted by Crippen LogP contribution is -2.31. The van der Waals surface area contributed by atoms with E-state index in [-0.39, 0.29) is 11.8 Å². The molecule has 1 heterocycles. The third-order valence-corrected chi connectivity index (χ3v) is 4.13. The van der Waals surface area contributed by atoms with Crippen molar-refractivity contribution in [3.63, 3.8) is 0 Å². The lowest BCUT2D eigenvalue weighted by atomic mass is 10.3. The number of unbranched alkanes of at least 4 members (excludes halogenated alkanes) is 1. The number of hydrogen-bond acceptors (Lipinski definition) is 4. The van der Waals surface area contributed by atoms with Crippen LogP contribution in [0, 0.1) is 0 Å². The van der Waals surface area contributed by atoms with E-state index in [9.17, 15) is 8.42 Å². The van der Waals surface area contributed by atoms with Crippen molar-refractivity contribution >= 4 is 10.0 Å². The van der Waals surface area contributed by atoms with Gasteiger partial charge in [-0.3, -0.25) is 0 Å². The van der Waals surface area contributed by atoms with Crippen molar-refractivity contribution in [2.24, 2.45) is 0 Å². The Balaban J connectivity index is 2.69. The Hall–Kier alpha value is -0.950. The summed E-state index contributed by atoms with van der Waals surface area (Å²) >= 11 is 0. The molecule has 1 N–H and O–H groups in total. The molecule has 0 aromatic carbocycles. The molecule has 1 rings (SSSR count). The van der Waals surface area contributed by atoms with E-state index in [0.29, 0.717) is 12.2 Å². The van der Waals surface area contributed by atoms with Gasteiger partial charge < -0.3 is 0 Å². The second kappa shape index (κ2) is 6.84. The van der Waals surface area contributed by atoms with Gasteiger partial charge in [0.2, 0.25) is 10.0 Å². The Bertz CT molecular complexity index is 455. The van der Waals surface area contributed by atoms with Crippen molar-refractivity contribution in [2.75, 3.05) is 5.75 Å². The van der Waals surface area contributed by atoms with Crippen LogP contribution in [0.3, 0.4) is 0 Å². The molecule has 1 unspecified atom stereocenters. The van der Waals surface area contributed by atoms with Crippen molar-refractivity contribution in [1.82, 2.24) is 19.5 Å². The largest absolute Gasteiger partial charge is 0.249 e. The Morgan fingerprint density at radius 2 is 2.11 bits per heavy atom. The van der Waals surface area contributed by atoms with Crippen molar-refractivity contribution in [2.45, 2.75) is 52.6 Å². The SMILES string of the molecule is CCCCS(=O)(=O)NC(C)c1ncnn1CCC. The van der Waals surface area contributed by atoms with Crippen LogP contribution in [0.25, 0.3) is 0 Å².